The van der Waals surface area contributed by atoms with Crippen LogP contribution >= 0.6 is 11.6 Å². The molecular formula is C10H10ClNO3. The molecule has 0 saturated carbocycles. The Labute approximate surface area is 92.2 Å². The fourth-order valence-corrected chi connectivity index (χ4v) is 1.19. The molecule has 0 heterocycles. The Morgan fingerprint density at radius 1 is 1.40 bits per heavy atom. The van der Waals surface area contributed by atoms with E-state index in [1.807, 2.05) is 0 Å². The van der Waals surface area contributed by atoms with Gasteiger partial charge in [0.25, 0.3) is 0 Å². The zero-order chi connectivity index (χ0) is 11.3. The number of esters is 1. The molecule has 1 N–H and O–H groups in total. The molecule has 80 valence electrons. The third-order valence-electron chi connectivity index (χ3n) is 1.66. The molecule has 0 radical (unpaired) electrons. The Morgan fingerprint density at radius 2 is 2.07 bits per heavy atom. The van der Waals surface area contributed by atoms with Crippen LogP contribution in [0.25, 0.3) is 0 Å². The normalized spacial score (nSPS) is 9.47. The van der Waals surface area contributed by atoms with Crippen LogP contribution in [0.1, 0.15) is 17.3 Å². The van der Waals surface area contributed by atoms with E-state index in [0.29, 0.717) is 5.69 Å². The van der Waals surface area contributed by atoms with Gasteiger partial charge < -0.3 is 10.1 Å². The summed E-state index contributed by atoms with van der Waals surface area (Å²) in [5.74, 6) is -0.487. The number of ether oxygens (including phenoxy) is 1. The first-order chi connectivity index (χ1) is 7.15. The van der Waals surface area contributed by atoms with Gasteiger partial charge in [0, 0.05) is 0 Å². The summed E-state index contributed by atoms with van der Waals surface area (Å²) >= 11 is 5.16. The lowest BCUT2D eigenvalue weighted by molar-refractivity contribution is 0.0527. The van der Waals surface area contributed by atoms with Crippen molar-refractivity contribution in [2.45, 2.75) is 6.92 Å². The first-order valence-corrected chi connectivity index (χ1v) is 4.75. The van der Waals surface area contributed by atoms with E-state index in [2.05, 4.69) is 5.32 Å². The maximum atomic E-state index is 11.4. The number of carbonyl (C=O) groups is 2. The molecule has 0 fully saturated rings. The molecule has 0 aliphatic heterocycles. The predicted molar refractivity (Wildman–Crippen MR) is 57.3 cm³/mol. The van der Waals surface area contributed by atoms with Crippen LogP contribution in [-0.4, -0.2) is 17.9 Å². The first-order valence-electron chi connectivity index (χ1n) is 4.37. The van der Waals surface area contributed by atoms with Gasteiger partial charge in [-0.25, -0.2) is 4.79 Å². The van der Waals surface area contributed by atoms with Crippen molar-refractivity contribution in [3.8, 4) is 0 Å². The van der Waals surface area contributed by atoms with Gasteiger partial charge in [0.05, 0.1) is 17.9 Å². The SMILES string of the molecule is CCOC(=O)c1ccccc1NC(=O)Cl. The predicted octanol–water partition coefficient (Wildman–Crippen LogP) is 2.63. The van der Waals surface area contributed by atoms with Crippen molar-refractivity contribution in [1.82, 2.24) is 0 Å². The molecule has 0 aliphatic rings. The van der Waals surface area contributed by atoms with Crippen LogP contribution in [0, 0.1) is 0 Å². The van der Waals surface area contributed by atoms with Gasteiger partial charge >= 0.3 is 11.3 Å². The number of rotatable bonds is 3. The van der Waals surface area contributed by atoms with Gasteiger partial charge in [-0.3, -0.25) is 4.79 Å². The number of carbonyl (C=O) groups excluding carboxylic acids is 2. The van der Waals surface area contributed by atoms with Gasteiger partial charge in [-0.2, -0.15) is 0 Å². The second-order valence-corrected chi connectivity index (χ2v) is 3.01. The Bertz CT molecular complexity index is 379. The van der Waals surface area contributed by atoms with E-state index in [1.54, 1.807) is 31.2 Å². The number of anilines is 1. The molecule has 0 aliphatic carbocycles. The lowest BCUT2D eigenvalue weighted by Gasteiger charge is -2.07. The zero-order valence-corrected chi connectivity index (χ0v) is 8.88. The molecule has 0 saturated heterocycles. The Morgan fingerprint density at radius 3 is 2.67 bits per heavy atom. The molecule has 4 nitrogen and oxygen atoms in total. The van der Waals surface area contributed by atoms with Gasteiger partial charge in [0.2, 0.25) is 0 Å². The molecule has 0 bridgehead atoms. The fourth-order valence-electron chi connectivity index (χ4n) is 1.08. The highest BCUT2D eigenvalue weighted by Crippen LogP contribution is 2.16. The number of amides is 1. The van der Waals surface area contributed by atoms with E-state index in [9.17, 15) is 9.59 Å². The zero-order valence-electron chi connectivity index (χ0n) is 8.12. The molecule has 0 aromatic heterocycles. The number of hydrogen-bond acceptors (Lipinski definition) is 3. The minimum atomic E-state index is -0.744. The highest BCUT2D eigenvalue weighted by atomic mass is 35.5. The minimum Gasteiger partial charge on any atom is -0.462 e. The summed E-state index contributed by atoms with van der Waals surface area (Å²) in [4.78, 5) is 22.1. The highest BCUT2D eigenvalue weighted by Gasteiger charge is 2.12. The molecule has 0 spiro atoms. The lowest BCUT2D eigenvalue weighted by Crippen LogP contribution is -2.10. The quantitative estimate of drug-likeness (QED) is 0.491. The summed E-state index contributed by atoms with van der Waals surface area (Å²) in [5, 5.41) is 1.59. The van der Waals surface area contributed by atoms with Gasteiger partial charge in [0.15, 0.2) is 0 Å². The standard InChI is InChI=1S/C10H10ClNO3/c1-2-15-9(13)7-5-3-4-6-8(7)12-10(11)14/h3-6H,2H2,1H3,(H,12,14). The topological polar surface area (TPSA) is 55.4 Å². The van der Waals surface area contributed by atoms with Gasteiger partial charge in [-0.15, -0.1) is 0 Å². The van der Waals surface area contributed by atoms with Crippen LogP contribution < -0.4 is 5.32 Å². The number of benzene rings is 1. The molecular weight excluding hydrogens is 218 g/mol. The van der Waals surface area contributed by atoms with E-state index >= 15 is 0 Å². The number of nitrogens with one attached hydrogen (secondary N) is 1. The van der Waals surface area contributed by atoms with E-state index in [-0.39, 0.29) is 12.2 Å². The van der Waals surface area contributed by atoms with Crippen molar-refractivity contribution < 1.29 is 14.3 Å². The largest absolute Gasteiger partial charge is 0.462 e. The maximum Gasteiger partial charge on any atom is 0.340 e. The summed E-state index contributed by atoms with van der Waals surface area (Å²) in [7, 11) is 0. The molecule has 5 heteroatoms. The van der Waals surface area contributed by atoms with E-state index < -0.39 is 11.3 Å². The van der Waals surface area contributed by atoms with Crippen LogP contribution in [-0.2, 0) is 4.74 Å². The molecule has 15 heavy (non-hydrogen) atoms. The van der Waals surface area contributed by atoms with Crippen LogP contribution in [0.2, 0.25) is 0 Å². The van der Waals surface area contributed by atoms with Crippen LogP contribution in [0.5, 0.6) is 0 Å². The summed E-state index contributed by atoms with van der Waals surface area (Å²) in [6.45, 7) is 1.99. The first kappa shape index (κ1) is 11.5. The van der Waals surface area contributed by atoms with Gasteiger partial charge in [-0.1, -0.05) is 12.1 Å². The van der Waals surface area contributed by atoms with Gasteiger partial charge in [-0.05, 0) is 30.7 Å². The van der Waals surface area contributed by atoms with Crippen molar-refractivity contribution in [3.63, 3.8) is 0 Å². The number of halogens is 1. The molecule has 1 aromatic carbocycles. The fraction of sp³-hybridized carbons (Fsp3) is 0.200. The molecule has 1 amide bonds. The Kier molecular flexibility index (Phi) is 4.12. The second kappa shape index (κ2) is 5.36. The van der Waals surface area contributed by atoms with Crippen molar-refractivity contribution >= 4 is 28.6 Å². The Hall–Kier alpha value is -1.55. The van der Waals surface area contributed by atoms with Crippen molar-refractivity contribution in [2.24, 2.45) is 0 Å². The van der Waals surface area contributed by atoms with E-state index in [0.717, 1.165) is 0 Å². The van der Waals surface area contributed by atoms with Crippen molar-refractivity contribution in [2.75, 3.05) is 11.9 Å². The highest BCUT2D eigenvalue weighted by molar-refractivity contribution is 6.65. The van der Waals surface area contributed by atoms with E-state index in [1.165, 1.54) is 0 Å². The maximum absolute atomic E-state index is 11.4. The summed E-state index contributed by atoms with van der Waals surface area (Å²) in [6.07, 6.45) is 0. The third-order valence-corrected chi connectivity index (χ3v) is 1.75. The van der Waals surface area contributed by atoms with E-state index in [4.69, 9.17) is 16.3 Å². The average molecular weight is 228 g/mol. The van der Waals surface area contributed by atoms with Crippen molar-refractivity contribution in [1.29, 1.82) is 0 Å². The van der Waals surface area contributed by atoms with Crippen LogP contribution in [0.4, 0.5) is 10.5 Å². The second-order valence-electron chi connectivity index (χ2n) is 2.66. The minimum absolute atomic E-state index is 0.280. The van der Waals surface area contributed by atoms with Gasteiger partial charge in [0.1, 0.15) is 0 Å². The monoisotopic (exact) mass is 227 g/mol. The lowest BCUT2D eigenvalue weighted by atomic mass is 10.2. The van der Waals surface area contributed by atoms with Crippen LogP contribution in [0.3, 0.4) is 0 Å². The third kappa shape index (κ3) is 3.25. The molecule has 1 rings (SSSR count). The summed E-state index contributed by atoms with van der Waals surface area (Å²) < 4.78 is 4.82. The molecule has 0 atom stereocenters. The Balaban J connectivity index is 2.95. The summed E-state index contributed by atoms with van der Waals surface area (Å²) in [6, 6.07) is 6.49. The van der Waals surface area contributed by atoms with Crippen molar-refractivity contribution in [3.05, 3.63) is 29.8 Å². The smallest absolute Gasteiger partial charge is 0.340 e. The molecule has 1 aromatic rings. The number of hydrogen-bond donors (Lipinski definition) is 1. The number of para-hydroxylation sites is 1. The summed E-state index contributed by atoms with van der Waals surface area (Å²) in [5.41, 5.74) is 0.629. The van der Waals surface area contributed by atoms with Crippen LogP contribution in [0.15, 0.2) is 24.3 Å². The average Bonchev–Trinajstić information content (AvgIpc) is 2.18. The molecule has 0 unspecified atom stereocenters.